The van der Waals surface area contributed by atoms with Gasteiger partial charge in [-0.2, -0.15) is 0 Å². The Labute approximate surface area is 87.8 Å². The molecule has 0 spiro atoms. The Morgan fingerprint density at radius 1 is 1.43 bits per heavy atom. The number of hydrogen-bond donors (Lipinski definition) is 2. The molecule has 1 aromatic carbocycles. The van der Waals surface area contributed by atoms with Crippen molar-refractivity contribution in [2.45, 2.75) is 12.5 Å². The van der Waals surface area contributed by atoms with Crippen LogP contribution in [0.2, 0.25) is 0 Å². The second-order valence-electron chi connectivity index (χ2n) is 2.90. The Morgan fingerprint density at radius 2 is 2.07 bits per heavy atom. The number of rotatable bonds is 5. The highest BCUT2D eigenvalue weighted by atomic mass is 32.1. The largest absolute Gasteiger partial charge is 0.396 e. The predicted octanol–water partition coefficient (Wildman–Crippen LogP) is 1.80. The van der Waals surface area contributed by atoms with Crippen LogP contribution in [-0.2, 0) is 0 Å². The van der Waals surface area contributed by atoms with Crippen molar-refractivity contribution >= 4 is 17.7 Å². The lowest BCUT2D eigenvalue weighted by Gasteiger charge is -2.15. The highest BCUT2D eigenvalue weighted by molar-refractivity contribution is 7.78. The van der Waals surface area contributed by atoms with Crippen molar-refractivity contribution in [1.82, 2.24) is 5.32 Å². The van der Waals surface area contributed by atoms with Crippen molar-refractivity contribution < 1.29 is 9.50 Å². The number of thiocarbonyl (C=S) groups is 1. The van der Waals surface area contributed by atoms with Crippen LogP contribution < -0.4 is 5.32 Å². The van der Waals surface area contributed by atoms with Gasteiger partial charge in [-0.05, 0) is 24.1 Å². The molecule has 0 saturated carbocycles. The van der Waals surface area contributed by atoms with Crippen LogP contribution in [0, 0.1) is 5.82 Å². The molecular weight excluding hydrogens is 201 g/mol. The zero-order chi connectivity index (χ0) is 10.4. The lowest BCUT2D eigenvalue weighted by atomic mass is 10.0. The Kier molecular flexibility index (Phi) is 4.49. The molecule has 4 heteroatoms. The van der Waals surface area contributed by atoms with E-state index < -0.39 is 0 Å². The van der Waals surface area contributed by atoms with Crippen LogP contribution in [0.5, 0.6) is 0 Å². The number of hydrogen-bond acceptors (Lipinski definition) is 2. The summed E-state index contributed by atoms with van der Waals surface area (Å²) in [5, 5.41) is 11.7. The molecule has 0 aliphatic heterocycles. The number of benzene rings is 1. The Balaban J connectivity index is 2.76. The van der Waals surface area contributed by atoms with Gasteiger partial charge < -0.3 is 10.4 Å². The van der Waals surface area contributed by atoms with Gasteiger partial charge in [0.1, 0.15) is 5.82 Å². The molecule has 1 atom stereocenters. The number of nitrogens with one attached hydrogen (secondary N) is 1. The summed E-state index contributed by atoms with van der Waals surface area (Å²) in [5.74, 6) is -0.265. The summed E-state index contributed by atoms with van der Waals surface area (Å²) in [6.45, 7) is 0.0677. The smallest absolute Gasteiger partial charge is 0.123 e. The lowest BCUT2D eigenvalue weighted by Crippen LogP contribution is -2.19. The number of aliphatic hydroxyl groups excluding tert-OH is 1. The summed E-state index contributed by atoms with van der Waals surface area (Å²) in [6, 6.07) is 6.11. The van der Waals surface area contributed by atoms with Crippen LogP contribution in [0.15, 0.2) is 24.3 Å². The summed E-state index contributed by atoms with van der Waals surface area (Å²) in [4.78, 5) is 0. The normalized spacial score (nSPS) is 12.1. The zero-order valence-electron chi connectivity index (χ0n) is 7.61. The molecule has 76 valence electrons. The van der Waals surface area contributed by atoms with Crippen LogP contribution >= 0.6 is 12.2 Å². The average Bonchev–Trinajstić information content (AvgIpc) is 2.19. The summed E-state index contributed by atoms with van der Waals surface area (Å²) >= 11 is 4.68. The predicted molar refractivity (Wildman–Crippen MR) is 57.6 cm³/mol. The van der Waals surface area contributed by atoms with Crippen molar-refractivity contribution in [2.75, 3.05) is 6.61 Å². The summed E-state index contributed by atoms with van der Waals surface area (Å²) in [6.07, 6.45) is 0.554. The molecule has 0 radical (unpaired) electrons. The average molecular weight is 213 g/mol. The quantitative estimate of drug-likeness (QED) is 0.731. The maximum atomic E-state index is 12.6. The Morgan fingerprint density at radius 3 is 2.57 bits per heavy atom. The second kappa shape index (κ2) is 5.67. The highest BCUT2D eigenvalue weighted by Gasteiger charge is 2.08. The molecule has 0 unspecified atom stereocenters. The van der Waals surface area contributed by atoms with Crippen molar-refractivity contribution in [3.05, 3.63) is 35.6 Å². The molecule has 1 rings (SSSR count). The molecule has 2 nitrogen and oxygen atoms in total. The molecule has 0 bridgehead atoms. The third-order valence-electron chi connectivity index (χ3n) is 1.96. The van der Waals surface area contributed by atoms with Crippen molar-refractivity contribution in [1.29, 1.82) is 0 Å². The molecular formula is C10H12FNOS. The highest BCUT2D eigenvalue weighted by Crippen LogP contribution is 2.16. The summed E-state index contributed by atoms with van der Waals surface area (Å²) < 4.78 is 12.6. The monoisotopic (exact) mass is 213 g/mol. The van der Waals surface area contributed by atoms with Crippen LogP contribution in [0.3, 0.4) is 0 Å². The van der Waals surface area contributed by atoms with E-state index in [1.54, 1.807) is 12.1 Å². The molecule has 0 heterocycles. The van der Waals surface area contributed by atoms with E-state index in [9.17, 15) is 4.39 Å². The molecule has 0 saturated heterocycles. The lowest BCUT2D eigenvalue weighted by molar-refractivity contribution is 0.272. The van der Waals surface area contributed by atoms with Gasteiger partial charge in [0.2, 0.25) is 0 Å². The third-order valence-corrected chi connectivity index (χ3v) is 2.10. The van der Waals surface area contributed by atoms with E-state index in [1.807, 2.05) is 0 Å². The van der Waals surface area contributed by atoms with E-state index in [4.69, 9.17) is 5.11 Å². The van der Waals surface area contributed by atoms with Gasteiger partial charge in [0.05, 0.1) is 11.5 Å². The molecule has 0 amide bonds. The summed E-state index contributed by atoms with van der Waals surface area (Å²) in [7, 11) is 0. The molecule has 0 fully saturated rings. The third kappa shape index (κ3) is 3.05. The Bertz CT molecular complexity index is 289. The zero-order valence-corrected chi connectivity index (χ0v) is 8.43. The minimum absolute atomic E-state index is 0.0434. The first-order valence-corrected chi connectivity index (χ1v) is 4.81. The summed E-state index contributed by atoms with van der Waals surface area (Å²) in [5.41, 5.74) is 2.32. The fourth-order valence-corrected chi connectivity index (χ4v) is 1.42. The van der Waals surface area contributed by atoms with Gasteiger partial charge in [-0.15, -0.1) is 0 Å². The maximum Gasteiger partial charge on any atom is 0.123 e. The van der Waals surface area contributed by atoms with E-state index in [1.165, 1.54) is 17.6 Å². The van der Waals surface area contributed by atoms with Gasteiger partial charge >= 0.3 is 0 Å². The minimum atomic E-state index is -0.265. The standard InChI is InChI=1S/C10H12FNOS/c11-9-3-1-8(2-4-9)10(5-6-13)12-7-14/h1-4,7,10,13H,5-6H2,(H,12,14)/t10-/m1/s1. The van der Waals surface area contributed by atoms with Crippen molar-refractivity contribution in [3.63, 3.8) is 0 Å². The first-order chi connectivity index (χ1) is 6.77. The van der Waals surface area contributed by atoms with Gasteiger partial charge in [-0.3, -0.25) is 0 Å². The van der Waals surface area contributed by atoms with Crippen molar-refractivity contribution in [2.24, 2.45) is 0 Å². The number of aliphatic hydroxyl groups is 1. The van der Waals surface area contributed by atoms with E-state index in [2.05, 4.69) is 17.5 Å². The molecule has 0 aromatic heterocycles. The fourth-order valence-electron chi connectivity index (χ4n) is 1.25. The van der Waals surface area contributed by atoms with Crippen LogP contribution in [0.25, 0.3) is 0 Å². The number of halogens is 1. The van der Waals surface area contributed by atoms with E-state index in [0.29, 0.717) is 6.42 Å². The van der Waals surface area contributed by atoms with Gasteiger partial charge in [0.25, 0.3) is 0 Å². The second-order valence-corrected chi connectivity index (χ2v) is 3.14. The molecule has 2 N–H and O–H groups in total. The van der Waals surface area contributed by atoms with E-state index in [-0.39, 0.29) is 18.5 Å². The Hall–Kier alpha value is -1.00. The van der Waals surface area contributed by atoms with E-state index >= 15 is 0 Å². The van der Waals surface area contributed by atoms with Gasteiger partial charge in [0.15, 0.2) is 0 Å². The SMILES string of the molecule is OCC[C@@H](NC=S)c1ccc(F)cc1. The molecule has 0 aliphatic carbocycles. The molecule has 1 aromatic rings. The molecule has 0 aliphatic rings. The molecule has 14 heavy (non-hydrogen) atoms. The van der Waals surface area contributed by atoms with Gasteiger partial charge in [0, 0.05) is 6.61 Å². The van der Waals surface area contributed by atoms with Crippen molar-refractivity contribution in [3.8, 4) is 0 Å². The minimum Gasteiger partial charge on any atom is -0.396 e. The van der Waals surface area contributed by atoms with Crippen LogP contribution in [0.1, 0.15) is 18.0 Å². The first-order valence-electron chi connectivity index (χ1n) is 4.34. The maximum absolute atomic E-state index is 12.6. The van der Waals surface area contributed by atoms with Crippen LogP contribution in [0.4, 0.5) is 4.39 Å². The van der Waals surface area contributed by atoms with Gasteiger partial charge in [-0.25, -0.2) is 4.39 Å². The van der Waals surface area contributed by atoms with Gasteiger partial charge in [-0.1, -0.05) is 24.4 Å². The first kappa shape index (κ1) is 11.1. The van der Waals surface area contributed by atoms with Crippen LogP contribution in [-0.4, -0.2) is 17.2 Å². The fraction of sp³-hybridized carbons (Fsp3) is 0.300. The topological polar surface area (TPSA) is 32.3 Å². The van der Waals surface area contributed by atoms with E-state index in [0.717, 1.165) is 5.56 Å².